The van der Waals surface area contributed by atoms with E-state index in [0.717, 1.165) is 50.1 Å². The van der Waals surface area contributed by atoms with Gasteiger partial charge in [0.05, 0.1) is 24.5 Å². The summed E-state index contributed by atoms with van der Waals surface area (Å²) in [5.41, 5.74) is 6.37. The summed E-state index contributed by atoms with van der Waals surface area (Å²) in [7, 11) is 0. The summed E-state index contributed by atoms with van der Waals surface area (Å²) in [5.74, 6) is 0. The van der Waals surface area contributed by atoms with Crippen LogP contribution >= 0.6 is 0 Å². The number of pyridine rings is 1. The SMILES string of the molecule is OC[C@@H]1CCCN1c1cncc(-c2ccc3c(c2)CCNC3)c1. The second kappa shape index (κ2) is 6.30. The van der Waals surface area contributed by atoms with E-state index in [9.17, 15) is 5.11 Å². The summed E-state index contributed by atoms with van der Waals surface area (Å²) >= 11 is 0. The van der Waals surface area contributed by atoms with Crippen LogP contribution in [-0.4, -0.2) is 35.8 Å². The average Bonchev–Trinajstić information content (AvgIpc) is 3.10. The smallest absolute Gasteiger partial charge is 0.0635 e. The van der Waals surface area contributed by atoms with Gasteiger partial charge in [-0.2, -0.15) is 0 Å². The highest BCUT2D eigenvalue weighted by Crippen LogP contribution is 2.30. The summed E-state index contributed by atoms with van der Waals surface area (Å²) in [6, 6.07) is 9.19. The standard InChI is InChI=1S/C19H23N3O/c23-13-18-2-1-7-22(18)19-9-17(11-21-12-19)14-3-4-16-10-20-6-5-15(16)8-14/h3-4,8-9,11-12,18,20,23H,1-2,5-7,10,13H2/t18-/m0/s1. The van der Waals surface area contributed by atoms with Crippen molar-refractivity contribution >= 4 is 5.69 Å². The third kappa shape index (κ3) is 2.84. The van der Waals surface area contributed by atoms with E-state index in [2.05, 4.69) is 39.5 Å². The van der Waals surface area contributed by atoms with Crippen molar-refractivity contribution in [2.75, 3.05) is 24.6 Å². The van der Waals surface area contributed by atoms with Crippen molar-refractivity contribution in [2.45, 2.75) is 31.8 Å². The summed E-state index contributed by atoms with van der Waals surface area (Å²) in [5, 5.41) is 13.0. The van der Waals surface area contributed by atoms with E-state index in [1.165, 1.54) is 16.7 Å². The Kier molecular flexibility index (Phi) is 4.02. The Balaban J connectivity index is 1.66. The number of anilines is 1. The third-order valence-corrected chi connectivity index (χ3v) is 5.07. The van der Waals surface area contributed by atoms with Crippen molar-refractivity contribution in [2.24, 2.45) is 0 Å². The van der Waals surface area contributed by atoms with Crippen molar-refractivity contribution in [1.29, 1.82) is 0 Å². The average molecular weight is 309 g/mol. The van der Waals surface area contributed by atoms with Gasteiger partial charge in [-0.25, -0.2) is 0 Å². The molecule has 3 heterocycles. The number of fused-ring (bicyclic) bond motifs is 1. The molecule has 0 bridgehead atoms. The van der Waals surface area contributed by atoms with Crippen molar-refractivity contribution in [3.8, 4) is 11.1 Å². The van der Waals surface area contributed by atoms with Crippen LogP contribution in [0, 0.1) is 0 Å². The minimum atomic E-state index is 0.218. The van der Waals surface area contributed by atoms with Crippen LogP contribution in [0.1, 0.15) is 24.0 Å². The highest BCUT2D eigenvalue weighted by molar-refractivity contribution is 5.68. The summed E-state index contributed by atoms with van der Waals surface area (Å²) in [6.07, 6.45) is 7.15. The number of hydrogen-bond donors (Lipinski definition) is 2. The fourth-order valence-corrected chi connectivity index (χ4v) is 3.76. The zero-order valence-corrected chi connectivity index (χ0v) is 13.3. The lowest BCUT2D eigenvalue weighted by Crippen LogP contribution is -2.32. The fourth-order valence-electron chi connectivity index (χ4n) is 3.76. The highest BCUT2D eigenvalue weighted by atomic mass is 16.3. The largest absolute Gasteiger partial charge is 0.394 e. The van der Waals surface area contributed by atoms with Crippen LogP contribution in [0.25, 0.3) is 11.1 Å². The van der Waals surface area contributed by atoms with Gasteiger partial charge in [0.15, 0.2) is 0 Å². The molecule has 0 spiro atoms. The molecule has 23 heavy (non-hydrogen) atoms. The van der Waals surface area contributed by atoms with Crippen molar-refractivity contribution in [1.82, 2.24) is 10.3 Å². The van der Waals surface area contributed by atoms with Crippen molar-refractivity contribution < 1.29 is 5.11 Å². The molecular weight excluding hydrogens is 286 g/mol. The molecule has 2 aliphatic heterocycles. The molecular formula is C19H23N3O. The zero-order chi connectivity index (χ0) is 15.6. The van der Waals surface area contributed by atoms with Gasteiger partial charge in [0.1, 0.15) is 0 Å². The summed E-state index contributed by atoms with van der Waals surface area (Å²) in [6.45, 7) is 3.25. The van der Waals surface area contributed by atoms with Gasteiger partial charge in [-0.05, 0) is 48.6 Å². The second-order valence-corrected chi connectivity index (χ2v) is 6.51. The predicted octanol–water partition coefficient (Wildman–Crippen LogP) is 2.36. The van der Waals surface area contributed by atoms with Crippen LogP contribution in [-0.2, 0) is 13.0 Å². The number of aliphatic hydroxyl groups excluding tert-OH is 1. The minimum Gasteiger partial charge on any atom is -0.394 e. The molecule has 4 rings (SSSR count). The van der Waals surface area contributed by atoms with E-state index in [1.54, 1.807) is 0 Å². The lowest BCUT2D eigenvalue weighted by Gasteiger charge is -2.25. The molecule has 1 aromatic carbocycles. The van der Waals surface area contributed by atoms with Crippen LogP contribution < -0.4 is 10.2 Å². The van der Waals surface area contributed by atoms with Gasteiger partial charge in [0.25, 0.3) is 0 Å². The molecule has 0 aliphatic carbocycles. The van der Waals surface area contributed by atoms with E-state index in [0.29, 0.717) is 0 Å². The van der Waals surface area contributed by atoms with Crippen LogP contribution in [0.2, 0.25) is 0 Å². The second-order valence-electron chi connectivity index (χ2n) is 6.51. The minimum absolute atomic E-state index is 0.218. The number of hydrogen-bond acceptors (Lipinski definition) is 4. The molecule has 2 aromatic rings. The quantitative estimate of drug-likeness (QED) is 0.914. The Morgan fingerprint density at radius 1 is 1.17 bits per heavy atom. The van der Waals surface area contributed by atoms with Gasteiger partial charge < -0.3 is 15.3 Å². The molecule has 0 radical (unpaired) electrons. The molecule has 2 N–H and O–H groups in total. The van der Waals surface area contributed by atoms with Crippen molar-refractivity contribution in [3.63, 3.8) is 0 Å². The Morgan fingerprint density at radius 3 is 3.04 bits per heavy atom. The topological polar surface area (TPSA) is 48.4 Å². The van der Waals surface area contributed by atoms with Crippen LogP contribution in [0.3, 0.4) is 0 Å². The van der Waals surface area contributed by atoms with E-state index in [-0.39, 0.29) is 12.6 Å². The number of benzene rings is 1. The molecule has 0 amide bonds. The molecule has 1 saturated heterocycles. The first kappa shape index (κ1) is 14.7. The normalized spacial score (nSPS) is 20.6. The number of rotatable bonds is 3. The fraction of sp³-hybridized carbons (Fsp3) is 0.421. The molecule has 1 aromatic heterocycles. The number of nitrogens with one attached hydrogen (secondary N) is 1. The number of aromatic nitrogens is 1. The molecule has 0 unspecified atom stereocenters. The van der Waals surface area contributed by atoms with Gasteiger partial charge in [-0.3, -0.25) is 4.98 Å². The van der Waals surface area contributed by atoms with Crippen LogP contribution in [0.15, 0.2) is 36.7 Å². The van der Waals surface area contributed by atoms with Crippen LogP contribution in [0.5, 0.6) is 0 Å². The molecule has 1 atom stereocenters. The Bertz CT molecular complexity index is 701. The predicted molar refractivity (Wildman–Crippen MR) is 92.5 cm³/mol. The maximum atomic E-state index is 9.55. The van der Waals surface area contributed by atoms with Gasteiger partial charge in [0.2, 0.25) is 0 Å². The van der Waals surface area contributed by atoms with Gasteiger partial charge >= 0.3 is 0 Å². The first-order valence-electron chi connectivity index (χ1n) is 8.50. The molecule has 0 saturated carbocycles. The molecule has 4 nitrogen and oxygen atoms in total. The molecule has 2 aliphatic rings. The number of aliphatic hydroxyl groups is 1. The van der Waals surface area contributed by atoms with Crippen molar-refractivity contribution in [3.05, 3.63) is 47.8 Å². The zero-order valence-electron chi connectivity index (χ0n) is 13.3. The molecule has 1 fully saturated rings. The van der Waals surface area contributed by atoms with E-state index < -0.39 is 0 Å². The molecule has 4 heteroatoms. The first-order chi connectivity index (χ1) is 11.3. The Labute approximate surface area is 137 Å². The Morgan fingerprint density at radius 2 is 2.13 bits per heavy atom. The van der Waals surface area contributed by atoms with Gasteiger partial charge in [-0.15, -0.1) is 0 Å². The lowest BCUT2D eigenvalue weighted by atomic mass is 9.96. The first-order valence-corrected chi connectivity index (χ1v) is 8.50. The Hall–Kier alpha value is -1.91. The maximum absolute atomic E-state index is 9.55. The summed E-state index contributed by atoms with van der Waals surface area (Å²) < 4.78 is 0. The van der Waals surface area contributed by atoms with Crippen LogP contribution in [0.4, 0.5) is 5.69 Å². The molecule has 120 valence electrons. The number of nitrogens with zero attached hydrogens (tertiary/aromatic N) is 2. The van der Waals surface area contributed by atoms with E-state index in [1.807, 2.05) is 12.4 Å². The lowest BCUT2D eigenvalue weighted by molar-refractivity contribution is 0.266. The van der Waals surface area contributed by atoms with E-state index >= 15 is 0 Å². The summed E-state index contributed by atoms with van der Waals surface area (Å²) in [4.78, 5) is 6.74. The van der Waals surface area contributed by atoms with Gasteiger partial charge in [-0.1, -0.05) is 18.2 Å². The highest BCUT2D eigenvalue weighted by Gasteiger charge is 2.24. The maximum Gasteiger partial charge on any atom is 0.0635 e. The van der Waals surface area contributed by atoms with E-state index in [4.69, 9.17) is 0 Å². The monoisotopic (exact) mass is 309 g/mol. The third-order valence-electron chi connectivity index (χ3n) is 5.07. The van der Waals surface area contributed by atoms with Gasteiger partial charge in [0, 0.05) is 24.8 Å².